The Kier molecular flexibility index (Phi) is 6.23. The first-order valence-corrected chi connectivity index (χ1v) is 9.06. The van der Waals surface area contributed by atoms with Gasteiger partial charge < -0.3 is 28.6 Å². The predicted octanol–water partition coefficient (Wildman–Crippen LogP) is 2.76. The van der Waals surface area contributed by atoms with Crippen LogP contribution in [0.2, 0.25) is 0 Å². The molecule has 1 unspecified atom stereocenters. The Morgan fingerprint density at radius 2 is 1.90 bits per heavy atom. The number of hydrogen-bond acceptors (Lipinski definition) is 7. The standard InChI is InChI=1S/C21H23NO7/c1-26-10-5-9-22-18(15-6-4-11-29-15)17(20(24)21(22)25)19(23)13-7-8-14(27-2)16(12-13)28-3/h4,6-8,11-12,18,23H,5,9-10H2,1-3H3/b19-17-. The number of aliphatic hydroxyl groups excluding tert-OH is 1. The van der Waals surface area contributed by atoms with Gasteiger partial charge in [0.05, 0.1) is 26.1 Å². The van der Waals surface area contributed by atoms with Crippen molar-refractivity contribution in [3.63, 3.8) is 0 Å². The number of aliphatic hydroxyl groups is 1. The van der Waals surface area contributed by atoms with Crippen LogP contribution in [0, 0.1) is 0 Å². The summed E-state index contributed by atoms with van der Waals surface area (Å²) in [5, 5.41) is 11.0. The Hall–Kier alpha value is -3.26. The maximum Gasteiger partial charge on any atom is 0.295 e. The van der Waals surface area contributed by atoms with E-state index in [0.29, 0.717) is 35.9 Å². The Morgan fingerprint density at radius 3 is 2.52 bits per heavy atom. The minimum absolute atomic E-state index is 0.0328. The lowest BCUT2D eigenvalue weighted by atomic mass is 9.99. The van der Waals surface area contributed by atoms with Crippen molar-refractivity contribution >= 4 is 17.4 Å². The van der Waals surface area contributed by atoms with Gasteiger partial charge in [-0.15, -0.1) is 0 Å². The van der Waals surface area contributed by atoms with Gasteiger partial charge >= 0.3 is 0 Å². The number of carbonyl (C=O) groups excluding carboxylic acids is 2. The van der Waals surface area contributed by atoms with Crippen LogP contribution in [0.25, 0.3) is 5.76 Å². The van der Waals surface area contributed by atoms with Crippen molar-refractivity contribution in [2.24, 2.45) is 0 Å². The Balaban J connectivity index is 2.09. The number of nitrogens with zero attached hydrogens (tertiary/aromatic N) is 1. The molecular weight excluding hydrogens is 378 g/mol. The maximum atomic E-state index is 12.8. The quantitative estimate of drug-likeness (QED) is 0.314. The Bertz CT molecular complexity index is 917. The highest BCUT2D eigenvalue weighted by Gasteiger charge is 2.47. The second-order valence-electron chi connectivity index (χ2n) is 6.42. The number of methoxy groups -OCH3 is 3. The first-order chi connectivity index (χ1) is 14.0. The highest BCUT2D eigenvalue weighted by atomic mass is 16.5. The molecule has 0 spiro atoms. The second-order valence-corrected chi connectivity index (χ2v) is 6.42. The zero-order chi connectivity index (χ0) is 21.0. The lowest BCUT2D eigenvalue weighted by Crippen LogP contribution is -2.31. The van der Waals surface area contributed by atoms with Gasteiger partial charge in [0.2, 0.25) is 0 Å². The summed E-state index contributed by atoms with van der Waals surface area (Å²) in [7, 11) is 4.54. The normalized spacial score (nSPS) is 18.3. The lowest BCUT2D eigenvalue weighted by Gasteiger charge is -2.23. The number of rotatable bonds is 8. The minimum atomic E-state index is -0.824. The molecule has 0 aliphatic carbocycles. The van der Waals surface area contributed by atoms with E-state index in [1.165, 1.54) is 25.4 Å². The molecule has 0 bridgehead atoms. The highest BCUT2D eigenvalue weighted by Crippen LogP contribution is 2.40. The molecule has 3 rings (SSSR count). The second kappa shape index (κ2) is 8.83. The van der Waals surface area contributed by atoms with E-state index in [-0.39, 0.29) is 17.9 Å². The molecule has 154 valence electrons. The van der Waals surface area contributed by atoms with Gasteiger partial charge in [-0.25, -0.2) is 0 Å². The predicted molar refractivity (Wildman–Crippen MR) is 104 cm³/mol. The molecule has 0 saturated carbocycles. The number of likely N-dealkylation sites (tertiary alicyclic amines) is 1. The van der Waals surface area contributed by atoms with Crippen LogP contribution in [0.15, 0.2) is 46.6 Å². The number of carbonyl (C=O) groups is 2. The molecule has 1 aliphatic rings. The van der Waals surface area contributed by atoms with E-state index in [0.717, 1.165) is 0 Å². The zero-order valence-corrected chi connectivity index (χ0v) is 16.5. The molecule has 8 heteroatoms. The smallest absolute Gasteiger partial charge is 0.295 e. The van der Waals surface area contributed by atoms with Gasteiger partial charge in [-0.2, -0.15) is 0 Å². The van der Waals surface area contributed by atoms with Gasteiger partial charge in [-0.05, 0) is 36.8 Å². The van der Waals surface area contributed by atoms with E-state index in [1.807, 2.05) is 0 Å². The Labute approximate surface area is 168 Å². The third-order valence-corrected chi connectivity index (χ3v) is 4.76. The molecule has 1 aliphatic heterocycles. The molecule has 1 N–H and O–H groups in total. The van der Waals surface area contributed by atoms with Crippen LogP contribution in [-0.2, 0) is 14.3 Å². The van der Waals surface area contributed by atoms with Crippen molar-refractivity contribution in [2.75, 3.05) is 34.5 Å². The summed E-state index contributed by atoms with van der Waals surface area (Å²) >= 11 is 0. The molecule has 1 amide bonds. The summed E-state index contributed by atoms with van der Waals surface area (Å²) in [6, 6.07) is 7.27. The molecule has 1 atom stereocenters. The van der Waals surface area contributed by atoms with Crippen molar-refractivity contribution in [3.05, 3.63) is 53.5 Å². The van der Waals surface area contributed by atoms with E-state index in [2.05, 4.69) is 0 Å². The van der Waals surface area contributed by atoms with Gasteiger partial charge in [-0.3, -0.25) is 9.59 Å². The van der Waals surface area contributed by atoms with Crippen LogP contribution in [0.1, 0.15) is 23.8 Å². The zero-order valence-electron chi connectivity index (χ0n) is 16.5. The van der Waals surface area contributed by atoms with E-state index in [4.69, 9.17) is 18.6 Å². The fourth-order valence-corrected chi connectivity index (χ4v) is 3.37. The first kappa shape index (κ1) is 20.5. The van der Waals surface area contributed by atoms with Crippen LogP contribution in [0.3, 0.4) is 0 Å². The largest absolute Gasteiger partial charge is 0.507 e. The minimum Gasteiger partial charge on any atom is -0.507 e. The maximum absolute atomic E-state index is 12.8. The highest BCUT2D eigenvalue weighted by molar-refractivity contribution is 6.46. The molecule has 1 saturated heterocycles. The van der Waals surface area contributed by atoms with E-state index >= 15 is 0 Å². The van der Waals surface area contributed by atoms with Crippen molar-refractivity contribution in [1.29, 1.82) is 0 Å². The van der Waals surface area contributed by atoms with Crippen LogP contribution in [0.4, 0.5) is 0 Å². The molecule has 1 aromatic heterocycles. The lowest BCUT2D eigenvalue weighted by molar-refractivity contribution is -0.140. The molecule has 2 aromatic rings. The van der Waals surface area contributed by atoms with Gasteiger partial charge in [0.15, 0.2) is 11.5 Å². The summed E-state index contributed by atoms with van der Waals surface area (Å²) in [6.07, 6.45) is 2.00. The molecule has 8 nitrogen and oxygen atoms in total. The monoisotopic (exact) mass is 401 g/mol. The van der Waals surface area contributed by atoms with Crippen LogP contribution in [-0.4, -0.2) is 56.2 Å². The first-order valence-electron chi connectivity index (χ1n) is 9.06. The van der Waals surface area contributed by atoms with Gasteiger partial charge in [-0.1, -0.05) is 0 Å². The van der Waals surface area contributed by atoms with Crippen LogP contribution < -0.4 is 9.47 Å². The third kappa shape index (κ3) is 3.84. The van der Waals surface area contributed by atoms with Crippen molar-refractivity contribution < 1.29 is 33.3 Å². The summed E-state index contributed by atoms with van der Waals surface area (Å²) < 4.78 is 21.0. The summed E-state index contributed by atoms with van der Waals surface area (Å²) in [6.45, 7) is 0.718. The molecule has 0 radical (unpaired) electrons. The van der Waals surface area contributed by atoms with Crippen molar-refractivity contribution in [3.8, 4) is 11.5 Å². The number of benzene rings is 1. The number of ketones is 1. The van der Waals surface area contributed by atoms with E-state index in [1.54, 1.807) is 37.4 Å². The number of furan rings is 1. The number of ether oxygens (including phenoxy) is 3. The molecule has 1 aromatic carbocycles. The summed E-state index contributed by atoms with van der Waals surface area (Å²) in [5.74, 6) is -0.503. The number of hydrogen-bond donors (Lipinski definition) is 1. The Morgan fingerprint density at radius 1 is 1.14 bits per heavy atom. The van der Waals surface area contributed by atoms with Gasteiger partial charge in [0, 0.05) is 25.8 Å². The van der Waals surface area contributed by atoms with Gasteiger partial charge in [0.1, 0.15) is 17.6 Å². The third-order valence-electron chi connectivity index (χ3n) is 4.76. The van der Waals surface area contributed by atoms with Crippen LogP contribution in [0.5, 0.6) is 11.5 Å². The SMILES string of the molecule is COCCCN1C(=O)C(=O)/C(=C(\O)c2ccc(OC)c(OC)c2)C1c1ccco1. The van der Waals surface area contributed by atoms with Gasteiger partial charge in [0.25, 0.3) is 11.7 Å². The summed E-state index contributed by atoms with van der Waals surface area (Å²) in [4.78, 5) is 26.9. The molecule has 1 fully saturated rings. The van der Waals surface area contributed by atoms with Crippen molar-refractivity contribution in [1.82, 2.24) is 4.90 Å². The average molecular weight is 401 g/mol. The number of amides is 1. The fourth-order valence-electron chi connectivity index (χ4n) is 3.37. The summed E-state index contributed by atoms with van der Waals surface area (Å²) in [5.41, 5.74) is 0.295. The molecule has 29 heavy (non-hydrogen) atoms. The van der Waals surface area contributed by atoms with E-state index < -0.39 is 17.7 Å². The fraction of sp³-hybridized carbons (Fsp3) is 0.333. The average Bonchev–Trinajstić information content (AvgIpc) is 3.35. The van der Waals surface area contributed by atoms with E-state index in [9.17, 15) is 14.7 Å². The van der Waals surface area contributed by atoms with Crippen molar-refractivity contribution in [2.45, 2.75) is 12.5 Å². The van der Waals surface area contributed by atoms with Crippen LogP contribution >= 0.6 is 0 Å². The molecule has 2 heterocycles. The topological polar surface area (TPSA) is 98.4 Å². The number of Topliss-reactive ketones (excluding diaryl/α,β-unsaturated/α-hetero) is 1. The molecular formula is C21H23NO7.